The van der Waals surface area contributed by atoms with Crippen molar-refractivity contribution in [1.82, 2.24) is 0 Å². The van der Waals surface area contributed by atoms with Gasteiger partial charge in [0.25, 0.3) is 0 Å². The van der Waals surface area contributed by atoms with Gasteiger partial charge in [0.05, 0.1) is 0 Å². The molecule has 1 unspecified atom stereocenters. The Morgan fingerprint density at radius 1 is 0.737 bits per heavy atom. The third-order valence-corrected chi connectivity index (χ3v) is 3.80. The first kappa shape index (κ1) is 18.9. The molecule has 2 nitrogen and oxygen atoms in total. The molecule has 0 aromatic rings. The van der Waals surface area contributed by atoms with Gasteiger partial charge in [-0.15, -0.1) is 0 Å². The number of rotatable bonds is 15. The molecule has 0 saturated heterocycles. The van der Waals surface area contributed by atoms with Crippen LogP contribution in [-0.2, 0) is 4.74 Å². The molecular weight excluding hydrogens is 234 g/mol. The van der Waals surface area contributed by atoms with E-state index in [4.69, 9.17) is 10.5 Å². The number of hydrogen-bond donors (Lipinski definition) is 1. The van der Waals surface area contributed by atoms with Crippen molar-refractivity contribution in [3.05, 3.63) is 0 Å². The molecule has 19 heavy (non-hydrogen) atoms. The van der Waals surface area contributed by atoms with Crippen LogP contribution < -0.4 is 5.73 Å². The first-order chi connectivity index (χ1) is 9.31. The first-order valence-corrected chi connectivity index (χ1v) is 8.64. The molecule has 0 amide bonds. The van der Waals surface area contributed by atoms with Crippen molar-refractivity contribution in [3.8, 4) is 0 Å². The minimum atomic E-state index is 0.327. The highest BCUT2D eigenvalue weighted by molar-refractivity contribution is 4.56. The SMILES string of the molecule is CCCCCCCCCCCCOCCC(N)CC. The van der Waals surface area contributed by atoms with Crippen LogP contribution in [0.3, 0.4) is 0 Å². The van der Waals surface area contributed by atoms with Crippen molar-refractivity contribution in [2.75, 3.05) is 13.2 Å². The highest BCUT2D eigenvalue weighted by Crippen LogP contribution is 2.10. The minimum Gasteiger partial charge on any atom is -0.381 e. The molecule has 116 valence electrons. The van der Waals surface area contributed by atoms with Gasteiger partial charge >= 0.3 is 0 Å². The zero-order chi connectivity index (χ0) is 14.2. The highest BCUT2D eigenvalue weighted by atomic mass is 16.5. The summed E-state index contributed by atoms with van der Waals surface area (Å²) in [5.74, 6) is 0. The van der Waals surface area contributed by atoms with Gasteiger partial charge in [-0.1, -0.05) is 71.6 Å². The minimum absolute atomic E-state index is 0.327. The van der Waals surface area contributed by atoms with Crippen molar-refractivity contribution in [3.63, 3.8) is 0 Å². The van der Waals surface area contributed by atoms with E-state index in [0.717, 1.165) is 26.1 Å². The Kier molecular flexibility index (Phi) is 15.9. The number of unbranched alkanes of at least 4 members (excludes halogenated alkanes) is 9. The van der Waals surface area contributed by atoms with E-state index in [9.17, 15) is 0 Å². The molecule has 0 saturated carbocycles. The van der Waals surface area contributed by atoms with Gasteiger partial charge in [-0.2, -0.15) is 0 Å². The fourth-order valence-corrected chi connectivity index (χ4v) is 2.23. The lowest BCUT2D eigenvalue weighted by molar-refractivity contribution is 0.122. The third kappa shape index (κ3) is 15.9. The summed E-state index contributed by atoms with van der Waals surface area (Å²) in [6, 6.07) is 0.327. The maximum atomic E-state index is 5.83. The Hall–Kier alpha value is -0.0800. The number of ether oxygens (including phenoxy) is 1. The molecule has 0 fully saturated rings. The topological polar surface area (TPSA) is 35.2 Å². The lowest BCUT2D eigenvalue weighted by Crippen LogP contribution is -2.20. The zero-order valence-corrected chi connectivity index (χ0v) is 13.5. The van der Waals surface area contributed by atoms with Gasteiger partial charge in [-0.25, -0.2) is 0 Å². The van der Waals surface area contributed by atoms with Crippen molar-refractivity contribution in [2.45, 2.75) is 96.9 Å². The summed E-state index contributed by atoms with van der Waals surface area (Å²) in [4.78, 5) is 0. The fourth-order valence-electron chi connectivity index (χ4n) is 2.23. The number of nitrogens with two attached hydrogens (primary N) is 1. The van der Waals surface area contributed by atoms with Crippen LogP contribution >= 0.6 is 0 Å². The maximum Gasteiger partial charge on any atom is 0.0480 e. The van der Waals surface area contributed by atoms with E-state index in [2.05, 4.69) is 13.8 Å². The van der Waals surface area contributed by atoms with Crippen LogP contribution in [0.1, 0.15) is 90.9 Å². The van der Waals surface area contributed by atoms with E-state index in [-0.39, 0.29) is 0 Å². The van der Waals surface area contributed by atoms with Crippen LogP contribution in [0.4, 0.5) is 0 Å². The van der Waals surface area contributed by atoms with Crippen LogP contribution in [0, 0.1) is 0 Å². The lowest BCUT2D eigenvalue weighted by Gasteiger charge is -2.08. The van der Waals surface area contributed by atoms with E-state index in [1.165, 1.54) is 64.2 Å². The van der Waals surface area contributed by atoms with Crippen molar-refractivity contribution < 1.29 is 4.74 Å². The molecule has 0 aliphatic carbocycles. The summed E-state index contributed by atoms with van der Waals surface area (Å²) in [5.41, 5.74) is 5.83. The zero-order valence-electron chi connectivity index (χ0n) is 13.5. The summed E-state index contributed by atoms with van der Waals surface area (Å²) >= 11 is 0. The van der Waals surface area contributed by atoms with Gasteiger partial charge in [0.2, 0.25) is 0 Å². The Labute approximate surface area is 121 Å². The van der Waals surface area contributed by atoms with Gasteiger partial charge in [-0.3, -0.25) is 0 Å². The molecule has 0 aliphatic heterocycles. The summed E-state index contributed by atoms with van der Waals surface area (Å²) in [5, 5.41) is 0. The molecule has 2 heteroatoms. The molecular formula is C17H37NO. The van der Waals surface area contributed by atoms with Crippen LogP contribution in [0.15, 0.2) is 0 Å². The van der Waals surface area contributed by atoms with Gasteiger partial charge in [0, 0.05) is 19.3 Å². The van der Waals surface area contributed by atoms with Gasteiger partial charge in [0.15, 0.2) is 0 Å². The smallest absolute Gasteiger partial charge is 0.0480 e. The average molecular weight is 271 g/mol. The summed E-state index contributed by atoms with van der Waals surface area (Å²) < 4.78 is 5.60. The monoisotopic (exact) mass is 271 g/mol. The molecule has 0 bridgehead atoms. The van der Waals surface area contributed by atoms with Crippen molar-refractivity contribution in [1.29, 1.82) is 0 Å². The van der Waals surface area contributed by atoms with E-state index in [1.54, 1.807) is 0 Å². The van der Waals surface area contributed by atoms with Crippen molar-refractivity contribution >= 4 is 0 Å². The molecule has 2 N–H and O–H groups in total. The molecule has 0 rings (SSSR count). The quantitative estimate of drug-likeness (QED) is 0.423. The number of hydrogen-bond acceptors (Lipinski definition) is 2. The second-order valence-electron chi connectivity index (χ2n) is 5.75. The van der Waals surface area contributed by atoms with E-state index in [0.29, 0.717) is 6.04 Å². The molecule has 1 atom stereocenters. The molecule has 0 aliphatic rings. The predicted octanol–water partition coefficient (Wildman–Crippen LogP) is 5.05. The Bertz CT molecular complexity index is 161. The van der Waals surface area contributed by atoms with E-state index >= 15 is 0 Å². The fraction of sp³-hybridized carbons (Fsp3) is 1.00. The van der Waals surface area contributed by atoms with E-state index in [1.807, 2.05) is 0 Å². The molecule has 0 aromatic heterocycles. The molecule has 0 spiro atoms. The molecule has 0 heterocycles. The summed E-state index contributed by atoms with van der Waals surface area (Å²) in [6.45, 7) is 6.17. The second-order valence-corrected chi connectivity index (χ2v) is 5.75. The standard InChI is InChI=1S/C17H37NO/c1-3-5-6-7-8-9-10-11-12-13-15-19-16-14-17(18)4-2/h17H,3-16,18H2,1-2H3. The van der Waals surface area contributed by atoms with Gasteiger partial charge in [0.1, 0.15) is 0 Å². The van der Waals surface area contributed by atoms with Crippen LogP contribution in [0.2, 0.25) is 0 Å². The largest absolute Gasteiger partial charge is 0.381 e. The van der Waals surface area contributed by atoms with Crippen LogP contribution in [0.25, 0.3) is 0 Å². The Morgan fingerprint density at radius 3 is 1.79 bits per heavy atom. The van der Waals surface area contributed by atoms with E-state index < -0.39 is 0 Å². The predicted molar refractivity (Wildman–Crippen MR) is 85.5 cm³/mol. The van der Waals surface area contributed by atoms with Crippen molar-refractivity contribution in [2.24, 2.45) is 5.73 Å². The Morgan fingerprint density at radius 2 is 1.26 bits per heavy atom. The average Bonchev–Trinajstić information content (AvgIpc) is 2.43. The lowest BCUT2D eigenvalue weighted by atomic mass is 10.1. The molecule has 0 aromatic carbocycles. The Balaban J connectivity index is 2.95. The van der Waals surface area contributed by atoms with Gasteiger partial charge < -0.3 is 10.5 Å². The summed E-state index contributed by atoms with van der Waals surface area (Å²) in [7, 11) is 0. The molecule has 0 radical (unpaired) electrons. The second kappa shape index (κ2) is 16.0. The van der Waals surface area contributed by atoms with Crippen LogP contribution in [0.5, 0.6) is 0 Å². The highest BCUT2D eigenvalue weighted by Gasteiger charge is 1.98. The normalized spacial score (nSPS) is 12.8. The van der Waals surface area contributed by atoms with Gasteiger partial charge in [-0.05, 0) is 19.3 Å². The van der Waals surface area contributed by atoms with Crippen LogP contribution in [-0.4, -0.2) is 19.3 Å². The summed E-state index contributed by atoms with van der Waals surface area (Å²) in [6.07, 6.45) is 15.9. The third-order valence-electron chi connectivity index (χ3n) is 3.80. The first-order valence-electron chi connectivity index (χ1n) is 8.64. The maximum absolute atomic E-state index is 5.83.